The smallest absolute Gasteiger partial charge is 0.550 e. The minimum absolute atomic E-state index is 0. The molecule has 2 unspecified atom stereocenters. The third-order valence-corrected chi connectivity index (χ3v) is 3.74. The van der Waals surface area contributed by atoms with E-state index in [4.69, 9.17) is 4.74 Å². The van der Waals surface area contributed by atoms with Gasteiger partial charge >= 0.3 is 35.5 Å². The van der Waals surface area contributed by atoms with Gasteiger partial charge in [0.25, 0.3) is 0 Å². The number of hydrogen-bond acceptors (Lipinski definition) is 5. The van der Waals surface area contributed by atoms with Crippen molar-refractivity contribution in [3.05, 3.63) is 18.2 Å². The minimum atomic E-state index is -1.11. The van der Waals surface area contributed by atoms with E-state index >= 15 is 0 Å². The topological polar surface area (TPSA) is 84.2 Å². The molecule has 0 aliphatic heterocycles. The number of imidazole rings is 1. The molecule has 0 aliphatic rings. The first-order valence-electron chi connectivity index (χ1n) is 7.50. The fourth-order valence-corrected chi connectivity index (χ4v) is 2.26. The van der Waals surface area contributed by atoms with Crippen LogP contribution >= 0.6 is 0 Å². The van der Waals surface area contributed by atoms with Crippen molar-refractivity contribution in [2.24, 2.45) is 24.3 Å². The Labute approximate surface area is 159 Å². The molecule has 2 atom stereocenters. The quantitative estimate of drug-likeness (QED) is 0.424. The Balaban J connectivity index is 0.00000484. The number of nitrogens with zero attached hydrogens (tertiary/aromatic N) is 2. The van der Waals surface area contributed by atoms with E-state index in [1.54, 1.807) is 40.2 Å². The zero-order valence-electron chi connectivity index (χ0n) is 15.0. The van der Waals surface area contributed by atoms with Crippen LogP contribution < -0.4 is 34.7 Å². The van der Waals surface area contributed by atoms with E-state index in [-0.39, 0.29) is 48.1 Å². The van der Waals surface area contributed by atoms with Gasteiger partial charge in [-0.2, -0.15) is 0 Å². The number of ether oxygens (including phenoxy) is 1. The van der Waals surface area contributed by atoms with E-state index in [0.29, 0.717) is 12.8 Å². The van der Waals surface area contributed by atoms with Gasteiger partial charge in [0.2, 0.25) is 0 Å². The summed E-state index contributed by atoms with van der Waals surface area (Å²) in [7, 11) is 1.85. The SMILES string of the molecule is CCC(C(=O)[O-])C(COC(=O)C(C)(C)C)Cc1cncn1C.[Na+]. The van der Waals surface area contributed by atoms with Gasteiger partial charge in [-0.3, -0.25) is 4.79 Å². The number of carbonyl (C=O) groups is 2. The molecule has 23 heavy (non-hydrogen) atoms. The number of rotatable bonds is 7. The third kappa shape index (κ3) is 6.65. The van der Waals surface area contributed by atoms with Crippen LogP contribution in [0.25, 0.3) is 0 Å². The fraction of sp³-hybridized carbons (Fsp3) is 0.688. The van der Waals surface area contributed by atoms with Crippen LogP contribution in [0.5, 0.6) is 0 Å². The summed E-state index contributed by atoms with van der Waals surface area (Å²) in [4.78, 5) is 27.3. The van der Waals surface area contributed by atoms with Gasteiger partial charge in [0.05, 0.1) is 18.3 Å². The predicted octanol–water partition coefficient (Wildman–Crippen LogP) is -2.05. The molecule has 0 amide bonds. The number of aromatic nitrogens is 2. The molecule has 7 heteroatoms. The number of aryl methyl sites for hydroxylation is 1. The second-order valence-corrected chi connectivity index (χ2v) is 6.64. The molecule has 0 aromatic carbocycles. The molecule has 0 saturated carbocycles. The van der Waals surface area contributed by atoms with E-state index in [1.165, 1.54) is 0 Å². The monoisotopic (exact) mass is 332 g/mol. The maximum Gasteiger partial charge on any atom is 1.00 e. The molecule has 1 heterocycles. The molecule has 124 valence electrons. The van der Waals surface area contributed by atoms with Crippen molar-refractivity contribution in [1.29, 1.82) is 0 Å². The zero-order chi connectivity index (χ0) is 16.9. The number of aliphatic carboxylic acids is 1. The van der Waals surface area contributed by atoms with Crippen LogP contribution in [-0.2, 0) is 27.8 Å². The first-order valence-corrected chi connectivity index (χ1v) is 7.50. The average molecular weight is 332 g/mol. The van der Waals surface area contributed by atoms with E-state index in [9.17, 15) is 14.7 Å². The molecule has 1 aromatic rings. The summed E-state index contributed by atoms with van der Waals surface area (Å²) in [6.45, 7) is 7.15. The van der Waals surface area contributed by atoms with E-state index in [0.717, 1.165) is 5.69 Å². The van der Waals surface area contributed by atoms with Gasteiger partial charge in [0.1, 0.15) is 0 Å². The Hall–Kier alpha value is -0.850. The van der Waals surface area contributed by atoms with Gasteiger partial charge in [0, 0.05) is 36.7 Å². The summed E-state index contributed by atoms with van der Waals surface area (Å²) in [6, 6.07) is 0. The molecule has 0 spiro atoms. The van der Waals surface area contributed by atoms with E-state index < -0.39 is 17.3 Å². The number of esters is 1. The van der Waals surface area contributed by atoms with E-state index in [1.807, 2.05) is 11.6 Å². The number of carboxylic acids is 1. The molecule has 6 nitrogen and oxygen atoms in total. The largest absolute Gasteiger partial charge is 1.00 e. The molecule has 1 rings (SSSR count). The Morgan fingerprint density at radius 2 is 2.00 bits per heavy atom. The van der Waals surface area contributed by atoms with Crippen molar-refractivity contribution >= 4 is 11.9 Å². The van der Waals surface area contributed by atoms with Gasteiger partial charge in [-0.15, -0.1) is 0 Å². The number of carboxylic acid groups (broad SMARTS) is 1. The summed E-state index contributed by atoms with van der Waals surface area (Å²) >= 11 is 0. The third-order valence-electron chi connectivity index (χ3n) is 3.74. The van der Waals surface area contributed by atoms with Crippen molar-refractivity contribution in [2.45, 2.75) is 40.5 Å². The molecule has 0 fully saturated rings. The second kappa shape index (κ2) is 9.45. The normalized spacial score (nSPS) is 13.8. The number of hydrogen-bond donors (Lipinski definition) is 0. The first kappa shape index (κ1) is 22.1. The summed E-state index contributed by atoms with van der Waals surface area (Å²) in [5.74, 6) is -2.45. The van der Waals surface area contributed by atoms with Crippen LogP contribution in [0.4, 0.5) is 0 Å². The van der Waals surface area contributed by atoms with Crippen LogP contribution in [0.1, 0.15) is 39.8 Å². The van der Waals surface area contributed by atoms with Gasteiger partial charge in [-0.25, -0.2) is 4.98 Å². The molecule has 0 aliphatic carbocycles. The Bertz CT molecular complexity index is 522. The standard InChI is InChI=1S/C16H26N2O4.Na/c1-6-13(14(19)20)11(7-12-8-17-10-18(12)5)9-22-15(21)16(2,3)4;/h8,10-11,13H,6-7,9H2,1-5H3,(H,19,20);/q;+1/p-1. The maximum absolute atomic E-state index is 11.9. The van der Waals surface area contributed by atoms with Crippen LogP contribution in [0.15, 0.2) is 12.5 Å². The second-order valence-electron chi connectivity index (χ2n) is 6.64. The molecule has 0 bridgehead atoms. The zero-order valence-corrected chi connectivity index (χ0v) is 17.0. The van der Waals surface area contributed by atoms with Crippen molar-refractivity contribution in [1.82, 2.24) is 9.55 Å². The van der Waals surface area contributed by atoms with Gasteiger partial charge in [-0.1, -0.05) is 6.92 Å². The summed E-state index contributed by atoms with van der Waals surface area (Å²) in [6.07, 6.45) is 4.26. The Kier molecular flexibility index (Phi) is 9.10. The average Bonchev–Trinajstić information content (AvgIpc) is 2.80. The van der Waals surface area contributed by atoms with Crippen LogP contribution in [0.2, 0.25) is 0 Å². The summed E-state index contributed by atoms with van der Waals surface area (Å²) in [5, 5.41) is 11.4. The van der Waals surface area contributed by atoms with Crippen molar-refractivity contribution in [3.8, 4) is 0 Å². The Morgan fingerprint density at radius 1 is 1.39 bits per heavy atom. The van der Waals surface area contributed by atoms with Crippen molar-refractivity contribution in [2.75, 3.05) is 6.61 Å². The van der Waals surface area contributed by atoms with Crippen LogP contribution in [-0.4, -0.2) is 28.1 Å². The number of carbonyl (C=O) groups excluding carboxylic acids is 2. The molecule has 0 radical (unpaired) electrons. The molecule has 0 N–H and O–H groups in total. The van der Waals surface area contributed by atoms with Crippen molar-refractivity contribution < 1.29 is 49.0 Å². The Morgan fingerprint density at radius 3 is 2.39 bits per heavy atom. The minimum Gasteiger partial charge on any atom is -0.550 e. The first-order chi connectivity index (χ1) is 10.2. The van der Waals surface area contributed by atoms with Crippen LogP contribution in [0, 0.1) is 17.3 Å². The van der Waals surface area contributed by atoms with Crippen molar-refractivity contribution in [3.63, 3.8) is 0 Å². The van der Waals surface area contributed by atoms with E-state index in [2.05, 4.69) is 4.98 Å². The molecule has 0 saturated heterocycles. The maximum atomic E-state index is 11.9. The van der Waals surface area contributed by atoms with Gasteiger partial charge in [0.15, 0.2) is 0 Å². The van der Waals surface area contributed by atoms with Gasteiger partial charge in [-0.05, 0) is 33.6 Å². The molecular formula is C16H25N2NaO4. The summed E-state index contributed by atoms with van der Waals surface area (Å²) in [5.41, 5.74) is 0.289. The van der Waals surface area contributed by atoms with Crippen LogP contribution in [0.3, 0.4) is 0 Å². The summed E-state index contributed by atoms with van der Waals surface area (Å²) < 4.78 is 7.16. The molecule has 1 aromatic heterocycles. The molecular weight excluding hydrogens is 307 g/mol. The fourth-order valence-electron chi connectivity index (χ4n) is 2.26. The van der Waals surface area contributed by atoms with Gasteiger partial charge < -0.3 is 19.2 Å². The predicted molar refractivity (Wildman–Crippen MR) is 79.6 cm³/mol.